The lowest BCUT2D eigenvalue weighted by molar-refractivity contribution is -0.389. The lowest BCUT2D eigenvalue weighted by Gasteiger charge is -2.36. The summed E-state index contributed by atoms with van der Waals surface area (Å²) >= 11 is 5.39. The normalized spacial score (nSPS) is 16.5. The van der Waals surface area contributed by atoms with Crippen LogP contribution in [-0.4, -0.2) is 18.3 Å². The molecule has 0 fully saturated rings. The maximum Gasteiger partial charge on any atom is 0.457 e. The van der Waals surface area contributed by atoms with Crippen molar-refractivity contribution in [2.24, 2.45) is 0 Å². The van der Waals surface area contributed by atoms with Gasteiger partial charge in [-0.25, -0.2) is 4.39 Å². The molecule has 0 radical (unpaired) electrons. The van der Waals surface area contributed by atoms with E-state index in [0.717, 1.165) is 6.07 Å². The molecule has 0 aliphatic heterocycles. The molecule has 126 valence electrons. The van der Waals surface area contributed by atoms with Crippen molar-refractivity contribution in [3.8, 4) is 0 Å². The van der Waals surface area contributed by atoms with Gasteiger partial charge >= 0.3 is 23.9 Å². The summed E-state index contributed by atoms with van der Waals surface area (Å²) in [5.74, 6) is -6.69. The summed E-state index contributed by atoms with van der Waals surface area (Å²) in [4.78, 5) is 0. The minimum Gasteiger partial charge on any atom is -0.221 e. The fraction of sp³-hybridized carbons (Fsp3) is 0.500. The number of rotatable bonds is 3. The first-order chi connectivity index (χ1) is 9.68. The van der Waals surface area contributed by atoms with Gasteiger partial charge in [0.05, 0.1) is 0 Å². The van der Waals surface area contributed by atoms with Crippen molar-refractivity contribution >= 4 is 11.6 Å². The largest absolute Gasteiger partial charge is 0.457 e. The Hall–Kier alpha value is -1.12. The molecule has 0 nitrogen and oxygen atoms in total. The van der Waals surface area contributed by atoms with E-state index in [0.29, 0.717) is 6.07 Å². The van der Waals surface area contributed by atoms with Crippen molar-refractivity contribution in [1.29, 1.82) is 0 Å². The number of aryl methyl sites for hydroxylation is 1. The molecule has 0 spiro atoms. The third-order valence-electron chi connectivity index (χ3n) is 2.94. The van der Waals surface area contributed by atoms with Gasteiger partial charge in [0.15, 0.2) is 0 Å². The van der Waals surface area contributed by atoms with Gasteiger partial charge in [-0.2, -0.15) is 35.1 Å². The molecule has 1 atom stereocenters. The standard InChI is InChI=1S/C12H8ClF9/c1-2-6-3-7(5-8(13)4-6)9(14,11(17,18)19)10(15,16)12(20,21)22/h3-5H,2H2,1H3. The van der Waals surface area contributed by atoms with E-state index in [-0.39, 0.29) is 18.1 Å². The summed E-state index contributed by atoms with van der Waals surface area (Å²) in [6.45, 7) is 1.38. The average Bonchev–Trinajstić information content (AvgIpc) is 2.33. The van der Waals surface area contributed by atoms with Gasteiger partial charge in [-0.15, -0.1) is 0 Å². The highest BCUT2D eigenvalue weighted by molar-refractivity contribution is 6.30. The van der Waals surface area contributed by atoms with E-state index in [4.69, 9.17) is 11.6 Å². The van der Waals surface area contributed by atoms with Crippen molar-refractivity contribution in [3.05, 3.63) is 34.3 Å². The Morgan fingerprint density at radius 2 is 1.32 bits per heavy atom. The molecule has 1 aromatic rings. The molecule has 0 saturated heterocycles. The monoisotopic (exact) mass is 358 g/mol. The van der Waals surface area contributed by atoms with Crippen LogP contribution in [0.15, 0.2) is 18.2 Å². The van der Waals surface area contributed by atoms with Crippen LogP contribution in [0, 0.1) is 0 Å². The molecule has 0 bridgehead atoms. The van der Waals surface area contributed by atoms with Crippen LogP contribution in [0.25, 0.3) is 0 Å². The van der Waals surface area contributed by atoms with Crippen molar-refractivity contribution in [1.82, 2.24) is 0 Å². The number of hydrogen-bond acceptors (Lipinski definition) is 0. The van der Waals surface area contributed by atoms with Gasteiger partial charge in [-0.3, -0.25) is 0 Å². The highest BCUT2D eigenvalue weighted by Crippen LogP contribution is 2.58. The van der Waals surface area contributed by atoms with Crippen molar-refractivity contribution < 1.29 is 39.5 Å². The minimum absolute atomic E-state index is 0.0426. The molecule has 1 rings (SSSR count). The third-order valence-corrected chi connectivity index (χ3v) is 3.16. The van der Waals surface area contributed by atoms with E-state index in [1.807, 2.05) is 0 Å². The SMILES string of the molecule is CCc1cc(Cl)cc(C(F)(C(F)(F)F)C(F)(F)C(F)(F)F)c1. The molecule has 0 N–H and O–H groups in total. The van der Waals surface area contributed by atoms with Gasteiger partial charge in [0.25, 0.3) is 0 Å². The van der Waals surface area contributed by atoms with E-state index >= 15 is 0 Å². The fourth-order valence-electron chi connectivity index (χ4n) is 1.77. The van der Waals surface area contributed by atoms with Crippen LogP contribution in [0.4, 0.5) is 39.5 Å². The van der Waals surface area contributed by atoms with Crippen LogP contribution in [0.1, 0.15) is 18.1 Å². The zero-order chi connectivity index (χ0) is 17.6. The zero-order valence-corrected chi connectivity index (χ0v) is 11.5. The maximum absolute atomic E-state index is 14.1. The molecular formula is C12H8ClF9. The highest BCUT2D eigenvalue weighted by atomic mass is 35.5. The van der Waals surface area contributed by atoms with E-state index in [1.54, 1.807) is 0 Å². The van der Waals surface area contributed by atoms with Crippen LogP contribution in [0.5, 0.6) is 0 Å². The number of alkyl halides is 9. The molecule has 0 aliphatic carbocycles. The van der Waals surface area contributed by atoms with Gasteiger partial charge < -0.3 is 0 Å². The molecule has 0 saturated carbocycles. The minimum atomic E-state index is -6.74. The molecule has 0 amide bonds. The second-order valence-corrected chi connectivity index (χ2v) is 4.87. The van der Waals surface area contributed by atoms with Crippen LogP contribution in [0.3, 0.4) is 0 Å². The first kappa shape index (κ1) is 18.9. The van der Waals surface area contributed by atoms with Crippen molar-refractivity contribution in [2.45, 2.75) is 37.3 Å². The molecular weight excluding hydrogens is 351 g/mol. The maximum atomic E-state index is 14.1. The third kappa shape index (κ3) is 2.87. The smallest absolute Gasteiger partial charge is 0.221 e. The van der Waals surface area contributed by atoms with Crippen LogP contribution >= 0.6 is 11.6 Å². The van der Waals surface area contributed by atoms with E-state index < -0.39 is 34.5 Å². The van der Waals surface area contributed by atoms with Gasteiger partial charge in [-0.1, -0.05) is 24.6 Å². The molecule has 1 aromatic carbocycles. The lowest BCUT2D eigenvalue weighted by atomic mass is 9.86. The Kier molecular flexibility index (Phi) is 4.74. The number of halogens is 10. The molecule has 22 heavy (non-hydrogen) atoms. The molecule has 10 heteroatoms. The van der Waals surface area contributed by atoms with Gasteiger partial charge in [0.2, 0.25) is 0 Å². The topological polar surface area (TPSA) is 0 Å². The fourth-order valence-corrected chi connectivity index (χ4v) is 2.03. The second kappa shape index (κ2) is 5.50. The second-order valence-electron chi connectivity index (χ2n) is 4.43. The Morgan fingerprint density at radius 1 is 0.818 bits per heavy atom. The lowest BCUT2D eigenvalue weighted by Crippen LogP contribution is -2.59. The van der Waals surface area contributed by atoms with Crippen LogP contribution < -0.4 is 0 Å². The Bertz CT molecular complexity index is 547. The van der Waals surface area contributed by atoms with E-state index in [2.05, 4.69) is 0 Å². The summed E-state index contributed by atoms with van der Waals surface area (Å²) in [5, 5.41) is -0.585. The predicted octanol–water partition coefficient (Wildman–Crippen LogP) is 5.83. The summed E-state index contributed by atoms with van der Waals surface area (Å²) in [6.07, 6.45) is -13.3. The summed E-state index contributed by atoms with van der Waals surface area (Å²) < 4.78 is 116. The number of hydrogen-bond donors (Lipinski definition) is 0. The van der Waals surface area contributed by atoms with Crippen LogP contribution in [-0.2, 0) is 12.1 Å². The van der Waals surface area contributed by atoms with Gasteiger partial charge in [0, 0.05) is 10.6 Å². The summed E-state index contributed by atoms with van der Waals surface area (Å²) in [5.41, 5.74) is -7.97. The Balaban J connectivity index is 3.73. The Morgan fingerprint density at radius 3 is 1.68 bits per heavy atom. The first-order valence-corrected chi connectivity index (χ1v) is 6.06. The molecule has 0 aliphatic rings. The predicted molar refractivity (Wildman–Crippen MR) is 60.7 cm³/mol. The average molecular weight is 359 g/mol. The van der Waals surface area contributed by atoms with E-state index in [1.165, 1.54) is 6.92 Å². The first-order valence-electron chi connectivity index (χ1n) is 5.68. The van der Waals surface area contributed by atoms with E-state index in [9.17, 15) is 39.5 Å². The quantitative estimate of drug-likeness (QED) is 0.597. The van der Waals surface area contributed by atoms with Gasteiger partial charge in [-0.05, 0) is 24.1 Å². The number of benzene rings is 1. The summed E-state index contributed by atoms with van der Waals surface area (Å²) in [6, 6.07) is 1.43. The Labute approximate surface area is 123 Å². The molecule has 0 heterocycles. The highest BCUT2D eigenvalue weighted by Gasteiger charge is 2.81. The van der Waals surface area contributed by atoms with Crippen molar-refractivity contribution in [2.75, 3.05) is 0 Å². The summed E-state index contributed by atoms with van der Waals surface area (Å²) in [7, 11) is 0. The van der Waals surface area contributed by atoms with Crippen LogP contribution in [0.2, 0.25) is 5.02 Å². The zero-order valence-electron chi connectivity index (χ0n) is 10.7. The van der Waals surface area contributed by atoms with Gasteiger partial charge in [0.1, 0.15) is 0 Å². The molecule has 1 unspecified atom stereocenters. The van der Waals surface area contributed by atoms with Crippen molar-refractivity contribution in [3.63, 3.8) is 0 Å². The molecule has 0 aromatic heterocycles.